The Kier molecular flexibility index (Phi) is 2.58. The molecule has 0 amide bonds. The van der Waals surface area contributed by atoms with Crippen LogP contribution in [0.1, 0.15) is 5.56 Å². The van der Waals surface area contributed by atoms with Crippen molar-refractivity contribution < 1.29 is 0 Å². The van der Waals surface area contributed by atoms with Crippen molar-refractivity contribution in [3.8, 4) is 16.9 Å². The zero-order chi connectivity index (χ0) is 12.4. The second-order valence-corrected chi connectivity index (χ2v) is 3.78. The maximum Gasteiger partial charge on any atom is 0.143 e. The van der Waals surface area contributed by atoms with Gasteiger partial charge in [0, 0.05) is 17.7 Å². The highest BCUT2D eigenvalue weighted by Crippen LogP contribution is 2.22. The van der Waals surface area contributed by atoms with Gasteiger partial charge in [-0.1, -0.05) is 12.1 Å². The summed E-state index contributed by atoms with van der Waals surface area (Å²) in [4.78, 5) is 0. The summed E-state index contributed by atoms with van der Waals surface area (Å²) in [6, 6.07) is 7.83. The molecular formula is C11H11N7. The second kappa shape index (κ2) is 4.38. The summed E-state index contributed by atoms with van der Waals surface area (Å²) in [6.07, 6.45) is 3.29. The van der Waals surface area contributed by atoms with E-state index in [1.54, 1.807) is 17.2 Å². The minimum atomic E-state index is 0.445. The molecule has 0 spiro atoms. The molecule has 1 aromatic carbocycles. The Balaban J connectivity index is 2.06. The lowest BCUT2D eigenvalue weighted by Crippen LogP contribution is -1.98. The molecule has 90 valence electrons. The first-order chi connectivity index (χ1) is 8.88. The van der Waals surface area contributed by atoms with E-state index >= 15 is 0 Å². The molecule has 0 bridgehead atoms. The monoisotopic (exact) mass is 241 g/mol. The van der Waals surface area contributed by atoms with E-state index in [1.807, 2.05) is 24.3 Å². The maximum absolute atomic E-state index is 5.67. The van der Waals surface area contributed by atoms with Crippen LogP contribution in [0.2, 0.25) is 0 Å². The summed E-state index contributed by atoms with van der Waals surface area (Å²) in [5, 5.41) is 18.1. The molecule has 0 saturated carbocycles. The van der Waals surface area contributed by atoms with Crippen molar-refractivity contribution in [3.05, 3.63) is 42.4 Å². The van der Waals surface area contributed by atoms with Gasteiger partial charge in [-0.15, -0.1) is 5.10 Å². The lowest BCUT2D eigenvalue weighted by Gasteiger charge is -2.04. The first-order valence-corrected chi connectivity index (χ1v) is 5.44. The zero-order valence-corrected chi connectivity index (χ0v) is 9.48. The van der Waals surface area contributed by atoms with E-state index in [1.165, 1.54) is 0 Å². The fourth-order valence-electron chi connectivity index (χ4n) is 1.80. The number of aromatic amines is 1. The van der Waals surface area contributed by atoms with Gasteiger partial charge < -0.3 is 5.73 Å². The molecule has 2 aromatic heterocycles. The van der Waals surface area contributed by atoms with Crippen LogP contribution in [0.4, 0.5) is 0 Å². The molecule has 7 nitrogen and oxygen atoms in total. The number of nitrogens with two attached hydrogens (primary N) is 1. The van der Waals surface area contributed by atoms with E-state index in [4.69, 9.17) is 5.73 Å². The van der Waals surface area contributed by atoms with E-state index in [2.05, 4.69) is 25.7 Å². The van der Waals surface area contributed by atoms with Gasteiger partial charge in [-0.25, -0.2) is 4.68 Å². The van der Waals surface area contributed by atoms with Gasteiger partial charge in [-0.3, -0.25) is 5.10 Å². The summed E-state index contributed by atoms with van der Waals surface area (Å²) in [7, 11) is 0. The van der Waals surface area contributed by atoms with Crippen molar-refractivity contribution in [1.82, 2.24) is 30.4 Å². The number of H-pyrrole nitrogens is 1. The lowest BCUT2D eigenvalue weighted by atomic mass is 10.1. The third-order valence-corrected chi connectivity index (χ3v) is 2.69. The van der Waals surface area contributed by atoms with Gasteiger partial charge in [0.25, 0.3) is 0 Å². The zero-order valence-electron chi connectivity index (χ0n) is 9.48. The number of rotatable bonds is 3. The van der Waals surface area contributed by atoms with Crippen molar-refractivity contribution in [3.63, 3.8) is 0 Å². The summed E-state index contributed by atoms with van der Waals surface area (Å²) in [5.74, 6) is 0. The number of aromatic nitrogens is 6. The third-order valence-electron chi connectivity index (χ3n) is 2.69. The summed E-state index contributed by atoms with van der Waals surface area (Å²) >= 11 is 0. The average Bonchev–Trinajstić information content (AvgIpc) is 3.10. The Morgan fingerprint density at radius 1 is 1.33 bits per heavy atom. The number of benzene rings is 1. The van der Waals surface area contributed by atoms with Gasteiger partial charge in [0.05, 0.1) is 17.6 Å². The molecule has 0 unspecified atom stereocenters. The van der Waals surface area contributed by atoms with E-state index in [-0.39, 0.29) is 0 Å². The smallest absolute Gasteiger partial charge is 0.143 e. The highest BCUT2D eigenvalue weighted by atomic mass is 15.5. The number of nitrogens with zero attached hydrogens (tertiary/aromatic N) is 5. The van der Waals surface area contributed by atoms with E-state index < -0.39 is 0 Å². The standard InChI is InChI=1S/C11H11N7/c12-5-9-6-13-15-11(9)8-2-1-3-10(4-8)18-7-14-16-17-18/h1-4,6-7H,5,12H2,(H,13,15). The minimum Gasteiger partial charge on any atom is -0.326 e. The third kappa shape index (κ3) is 1.76. The normalized spacial score (nSPS) is 10.7. The van der Waals surface area contributed by atoms with Crippen molar-refractivity contribution in [2.24, 2.45) is 5.73 Å². The van der Waals surface area contributed by atoms with Crippen LogP contribution in [0.3, 0.4) is 0 Å². The van der Waals surface area contributed by atoms with Crippen LogP contribution >= 0.6 is 0 Å². The van der Waals surface area contributed by atoms with Gasteiger partial charge >= 0.3 is 0 Å². The molecule has 0 fully saturated rings. The Morgan fingerprint density at radius 2 is 2.28 bits per heavy atom. The van der Waals surface area contributed by atoms with Crippen LogP contribution < -0.4 is 5.73 Å². The molecule has 3 aromatic rings. The Hall–Kier alpha value is -2.54. The van der Waals surface area contributed by atoms with Gasteiger partial charge in [0.2, 0.25) is 0 Å². The predicted octanol–water partition coefficient (Wildman–Crippen LogP) is 0.511. The molecule has 3 rings (SSSR count). The van der Waals surface area contributed by atoms with Gasteiger partial charge in [0.1, 0.15) is 6.33 Å². The predicted molar refractivity (Wildman–Crippen MR) is 64.6 cm³/mol. The van der Waals surface area contributed by atoms with Crippen molar-refractivity contribution in [2.75, 3.05) is 0 Å². The molecule has 2 heterocycles. The molecule has 0 aliphatic rings. The highest BCUT2D eigenvalue weighted by Gasteiger charge is 2.07. The lowest BCUT2D eigenvalue weighted by molar-refractivity contribution is 0.789. The second-order valence-electron chi connectivity index (χ2n) is 3.78. The van der Waals surface area contributed by atoms with Crippen molar-refractivity contribution in [1.29, 1.82) is 0 Å². The first kappa shape index (κ1) is 10.6. The molecule has 3 N–H and O–H groups in total. The number of nitrogens with one attached hydrogen (secondary N) is 1. The quantitative estimate of drug-likeness (QED) is 0.696. The fourth-order valence-corrected chi connectivity index (χ4v) is 1.80. The van der Waals surface area contributed by atoms with Crippen LogP contribution in [-0.2, 0) is 6.54 Å². The summed E-state index contributed by atoms with van der Waals surface area (Å²) in [5.41, 5.74) is 9.45. The van der Waals surface area contributed by atoms with Crippen LogP contribution in [0, 0.1) is 0 Å². The van der Waals surface area contributed by atoms with Gasteiger partial charge in [0.15, 0.2) is 0 Å². The SMILES string of the molecule is NCc1cn[nH]c1-c1cccc(-n2cnnn2)c1. The highest BCUT2D eigenvalue weighted by molar-refractivity contribution is 5.65. The Morgan fingerprint density at radius 3 is 3.06 bits per heavy atom. The molecule has 0 aliphatic carbocycles. The number of hydrogen-bond acceptors (Lipinski definition) is 5. The summed E-state index contributed by atoms with van der Waals surface area (Å²) in [6.45, 7) is 0.445. The van der Waals surface area contributed by atoms with Crippen LogP contribution in [0.5, 0.6) is 0 Å². The fraction of sp³-hybridized carbons (Fsp3) is 0.0909. The molecule has 18 heavy (non-hydrogen) atoms. The number of tetrazole rings is 1. The molecular weight excluding hydrogens is 230 g/mol. The van der Waals surface area contributed by atoms with Crippen LogP contribution in [0.25, 0.3) is 16.9 Å². The van der Waals surface area contributed by atoms with Gasteiger partial charge in [-0.05, 0) is 22.6 Å². The van der Waals surface area contributed by atoms with E-state index in [0.29, 0.717) is 6.54 Å². The van der Waals surface area contributed by atoms with Crippen LogP contribution in [0.15, 0.2) is 36.8 Å². The van der Waals surface area contributed by atoms with Gasteiger partial charge in [-0.2, -0.15) is 5.10 Å². The molecule has 0 radical (unpaired) electrons. The molecule has 0 atom stereocenters. The first-order valence-electron chi connectivity index (χ1n) is 5.44. The Bertz CT molecular complexity index is 641. The summed E-state index contributed by atoms with van der Waals surface area (Å²) < 4.78 is 1.60. The average molecular weight is 241 g/mol. The largest absolute Gasteiger partial charge is 0.326 e. The van der Waals surface area contributed by atoms with Crippen molar-refractivity contribution in [2.45, 2.75) is 6.54 Å². The van der Waals surface area contributed by atoms with E-state index in [0.717, 1.165) is 22.5 Å². The Labute approximate surface area is 103 Å². The maximum atomic E-state index is 5.67. The van der Waals surface area contributed by atoms with Crippen molar-refractivity contribution >= 4 is 0 Å². The van der Waals surface area contributed by atoms with Crippen LogP contribution in [-0.4, -0.2) is 30.4 Å². The number of hydrogen-bond donors (Lipinski definition) is 2. The molecule has 7 heteroatoms. The topological polar surface area (TPSA) is 98.3 Å². The molecule has 0 saturated heterocycles. The van der Waals surface area contributed by atoms with E-state index in [9.17, 15) is 0 Å². The minimum absolute atomic E-state index is 0.445. The molecule has 0 aliphatic heterocycles.